The summed E-state index contributed by atoms with van der Waals surface area (Å²) in [6, 6.07) is 5.85. The summed E-state index contributed by atoms with van der Waals surface area (Å²) >= 11 is 3.40. The summed E-state index contributed by atoms with van der Waals surface area (Å²) in [6.45, 7) is 4.75. The van der Waals surface area contributed by atoms with Crippen LogP contribution in [0.15, 0.2) is 22.7 Å². The smallest absolute Gasteiger partial charge is 0.0693 e. The van der Waals surface area contributed by atoms with Crippen LogP contribution in [0.1, 0.15) is 22.5 Å². The Bertz CT molecular complexity index is 532. The number of aromatic amines is 1. The number of rotatable bonds is 4. The summed E-state index contributed by atoms with van der Waals surface area (Å²) in [5, 5.41) is 19.7. The summed E-state index contributed by atoms with van der Waals surface area (Å²) in [7, 11) is 0. The maximum absolute atomic E-state index is 9.21. The molecule has 0 bridgehead atoms. The molecule has 18 heavy (non-hydrogen) atoms. The molecule has 0 aliphatic carbocycles. The summed E-state index contributed by atoms with van der Waals surface area (Å²) in [5.41, 5.74) is 5.14. The minimum Gasteiger partial charge on any atom is -0.392 e. The van der Waals surface area contributed by atoms with Crippen molar-refractivity contribution >= 4 is 21.6 Å². The Morgan fingerprint density at radius 3 is 2.78 bits per heavy atom. The predicted octanol–water partition coefficient (Wildman–Crippen LogP) is 2.89. The first-order valence-electron chi connectivity index (χ1n) is 5.75. The second kappa shape index (κ2) is 5.54. The topological polar surface area (TPSA) is 60.9 Å². The lowest BCUT2D eigenvalue weighted by molar-refractivity contribution is 0.281. The van der Waals surface area contributed by atoms with Gasteiger partial charge in [-0.2, -0.15) is 5.10 Å². The van der Waals surface area contributed by atoms with Gasteiger partial charge in [0.05, 0.1) is 12.3 Å². The van der Waals surface area contributed by atoms with Gasteiger partial charge in [-0.1, -0.05) is 15.9 Å². The minimum atomic E-state index is 0.0276. The Kier molecular flexibility index (Phi) is 4.04. The summed E-state index contributed by atoms with van der Waals surface area (Å²) in [5.74, 6) is 0. The molecule has 0 unspecified atom stereocenters. The maximum atomic E-state index is 9.21. The van der Waals surface area contributed by atoms with Crippen LogP contribution in [0.25, 0.3) is 0 Å². The van der Waals surface area contributed by atoms with Crippen LogP contribution >= 0.6 is 15.9 Å². The molecule has 0 spiro atoms. The number of nitrogens with zero attached hydrogens (tertiary/aromatic N) is 1. The number of anilines is 1. The van der Waals surface area contributed by atoms with E-state index >= 15 is 0 Å². The van der Waals surface area contributed by atoms with Crippen molar-refractivity contribution in [1.29, 1.82) is 0 Å². The molecule has 0 aliphatic rings. The van der Waals surface area contributed by atoms with Crippen LogP contribution in [0.2, 0.25) is 0 Å². The fourth-order valence-electron chi connectivity index (χ4n) is 1.83. The average Bonchev–Trinajstić information content (AvgIpc) is 2.68. The number of aromatic nitrogens is 2. The molecule has 96 valence electrons. The van der Waals surface area contributed by atoms with Gasteiger partial charge in [-0.05, 0) is 37.6 Å². The molecule has 5 heteroatoms. The minimum absolute atomic E-state index is 0.0276. The zero-order chi connectivity index (χ0) is 13.1. The van der Waals surface area contributed by atoms with E-state index in [0.29, 0.717) is 0 Å². The molecule has 0 radical (unpaired) electrons. The molecule has 1 aromatic carbocycles. The fourth-order valence-corrected chi connectivity index (χ4v) is 2.20. The van der Waals surface area contributed by atoms with E-state index in [2.05, 4.69) is 31.4 Å². The summed E-state index contributed by atoms with van der Waals surface area (Å²) < 4.78 is 0.922. The third-order valence-corrected chi connectivity index (χ3v) is 3.74. The van der Waals surface area contributed by atoms with Crippen molar-refractivity contribution in [3.8, 4) is 0 Å². The van der Waals surface area contributed by atoms with Crippen LogP contribution in [-0.2, 0) is 13.2 Å². The molecule has 1 aromatic heterocycles. The van der Waals surface area contributed by atoms with E-state index in [1.165, 1.54) is 5.56 Å². The van der Waals surface area contributed by atoms with E-state index in [1.807, 2.05) is 32.0 Å². The van der Waals surface area contributed by atoms with Gasteiger partial charge in [0.25, 0.3) is 0 Å². The maximum Gasteiger partial charge on any atom is 0.0693 e. The van der Waals surface area contributed by atoms with E-state index in [9.17, 15) is 5.11 Å². The molecule has 1 heterocycles. The number of halogens is 1. The number of aliphatic hydroxyl groups is 1. The van der Waals surface area contributed by atoms with Gasteiger partial charge >= 0.3 is 0 Å². The van der Waals surface area contributed by atoms with Crippen LogP contribution in [0.3, 0.4) is 0 Å². The molecule has 0 aliphatic heterocycles. The third-order valence-electron chi connectivity index (χ3n) is 2.97. The Morgan fingerprint density at radius 1 is 1.39 bits per heavy atom. The lowest BCUT2D eigenvalue weighted by Crippen LogP contribution is -2.02. The number of aryl methyl sites for hydroxylation is 2. The van der Waals surface area contributed by atoms with E-state index in [0.717, 1.165) is 33.7 Å². The van der Waals surface area contributed by atoms with Crippen LogP contribution in [0, 0.1) is 13.8 Å². The third kappa shape index (κ3) is 2.73. The molecule has 4 nitrogen and oxygen atoms in total. The lowest BCUT2D eigenvalue weighted by Gasteiger charge is -2.09. The number of aliphatic hydroxyl groups excluding tert-OH is 1. The highest BCUT2D eigenvalue weighted by Gasteiger charge is 2.06. The van der Waals surface area contributed by atoms with E-state index in [-0.39, 0.29) is 6.61 Å². The van der Waals surface area contributed by atoms with Crippen LogP contribution < -0.4 is 5.32 Å². The van der Waals surface area contributed by atoms with Gasteiger partial charge in [-0.25, -0.2) is 0 Å². The zero-order valence-corrected chi connectivity index (χ0v) is 12.0. The first kappa shape index (κ1) is 13.1. The van der Waals surface area contributed by atoms with Gasteiger partial charge in [-0.3, -0.25) is 5.10 Å². The second-order valence-electron chi connectivity index (χ2n) is 4.23. The van der Waals surface area contributed by atoms with Crippen LogP contribution in [0.5, 0.6) is 0 Å². The lowest BCUT2D eigenvalue weighted by atomic mass is 10.1. The average molecular weight is 310 g/mol. The standard InChI is InChI=1S/C13H16BrN3O/c1-8-12(9(2)17-16-8)6-15-11-3-4-13(14)10(5-11)7-18/h3-5,15,18H,6-7H2,1-2H3,(H,16,17). The highest BCUT2D eigenvalue weighted by molar-refractivity contribution is 9.10. The van der Waals surface area contributed by atoms with Gasteiger partial charge < -0.3 is 10.4 Å². The van der Waals surface area contributed by atoms with Gasteiger partial charge in [0, 0.05) is 28.0 Å². The van der Waals surface area contributed by atoms with Crippen molar-refractivity contribution in [3.05, 3.63) is 45.2 Å². The molecule has 2 aromatic rings. The molecule has 3 N–H and O–H groups in total. The zero-order valence-electron chi connectivity index (χ0n) is 10.4. The van der Waals surface area contributed by atoms with Crippen LogP contribution in [0.4, 0.5) is 5.69 Å². The van der Waals surface area contributed by atoms with Gasteiger partial charge in [0.2, 0.25) is 0 Å². The number of nitrogens with one attached hydrogen (secondary N) is 2. The van der Waals surface area contributed by atoms with Crippen molar-refractivity contribution in [2.24, 2.45) is 0 Å². The van der Waals surface area contributed by atoms with E-state index in [1.54, 1.807) is 0 Å². The largest absolute Gasteiger partial charge is 0.392 e. The van der Waals surface area contributed by atoms with Crippen molar-refractivity contribution in [1.82, 2.24) is 10.2 Å². The number of hydrogen-bond donors (Lipinski definition) is 3. The molecule has 0 saturated heterocycles. The quantitative estimate of drug-likeness (QED) is 0.814. The Labute approximate surface area is 115 Å². The van der Waals surface area contributed by atoms with Crippen molar-refractivity contribution in [2.45, 2.75) is 27.0 Å². The van der Waals surface area contributed by atoms with Gasteiger partial charge in [0.15, 0.2) is 0 Å². The summed E-state index contributed by atoms with van der Waals surface area (Å²) in [6.07, 6.45) is 0. The predicted molar refractivity (Wildman–Crippen MR) is 75.5 cm³/mol. The second-order valence-corrected chi connectivity index (χ2v) is 5.08. The molecule has 0 atom stereocenters. The number of benzene rings is 1. The Hall–Kier alpha value is -1.33. The molecule has 0 fully saturated rings. The van der Waals surface area contributed by atoms with Gasteiger partial charge in [-0.15, -0.1) is 0 Å². The Balaban J connectivity index is 2.11. The summed E-state index contributed by atoms with van der Waals surface area (Å²) in [4.78, 5) is 0. The molecular formula is C13H16BrN3O. The SMILES string of the molecule is Cc1n[nH]c(C)c1CNc1ccc(Br)c(CO)c1. The number of H-pyrrole nitrogens is 1. The van der Waals surface area contributed by atoms with Crippen molar-refractivity contribution < 1.29 is 5.11 Å². The first-order chi connectivity index (χ1) is 8.61. The van der Waals surface area contributed by atoms with Crippen LogP contribution in [-0.4, -0.2) is 15.3 Å². The number of hydrogen-bond acceptors (Lipinski definition) is 3. The Morgan fingerprint density at radius 2 is 2.17 bits per heavy atom. The van der Waals surface area contributed by atoms with E-state index < -0.39 is 0 Å². The fraction of sp³-hybridized carbons (Fsp3) is 0.308. The van der Waals surface area contributed by atoms with Crippen molar-refractivity contribution in [2.75, 3.05) is 5.32 Å². The molecular weight excluding hydrogens is 294 g/mol. The van der Waals surface area contributed by atoms with E-state index in [4.69, 9.17) is 0 Å². The van der Waals surface area contributed by atoms with Crippen molar-refractivity contribution in [3.63, 3.8) is 0 Å². The normalized spacial score (nSPS) is 10.7. The molecule has 0 saturated carbocycles. The highest BCUT2D eigenvalue weighted by Crippen LogP contribution is 2.22. The highest BCUT2D eigenvalue weighted by atomic mass is 79.9. The monoisotopic (exact) mass is 309 g/mol. The molecule has 0 amide bonds. The molecule has 2 rings (SSSR count). The first-order valence-corrected chi connectivity index (χ1v) is 6.54. The van der Waals surface area contributed by atoms with Gasteiger partial charge in [0.1, 0.15) is 0 Å².